The topological polar surface area (TPSA) is 85.2 Å². The molecule has 134 valence electrons. The van der Waals surface area contributed by atoms with Crippen LogP contribution < -0.4 is 5.73 Å². The third kappa shape index (κ3) is 4.07. The number of benzene rings is 1. The van der Waals surface area contributed by atoms with Crippen molar-refractivity contribution in [1.82, 2.24) is 15.0 Å². The van der Waals surface area contributed by atoms with E-state index in [0.29, 0.717) is 37.6 Å². The summed E-state index contributed by atoms with van der Waals surface area (Å²) in [6, 6.07) is 10.1. The van der Waals surface area contributed by atoms with E-state index < -0.39 is 0 Å². The van der Waals surface area contributed by atoms with Gasteiger partial charge >= 0.3 is 0 Å². The van der Waals surface area contributed by atoms with Gasteiger partial charge in [-0.1, -0.05) is 56.3 Å². The van der Waals surface area contributed by atoms with Crippen LogP contribution in [0.4, 0.5) is 0 Å². The number of hydrogen-bond acceptors (Lipinski definition) is 5. The number of likely N-dealkylation sites (tertiary alicyclic amines) is 1. The molecule has 0 radical (unpaired) electrons. The lowest BCUT2D eigenvalue weighted by Gasteiger charge is -2.16. The lowest BCUT2D eigenvalue weighted by molar-refractivity contribution is -0.130. The summed E-state index contributed by atoms with van der Waals surface area (Å²) in [4.78, 5) is 18.8. The van der Waals surface area contributed by atoms with Gasteiger partial charge in [-0.15, -0.1) is 0 Å². The van der Waals surface area contributed by atoms with E-state index in [9.17, 15) is 4.79 Å². The van der Waals surface area contributed by atoms with E-state index in [-0.39, 0.29) is 23.3 Å². The Kier molecular flexibility index (Phi) is 4.90. The molecule has 1 amide bonds. The van der Waals surface area contributed by atoms with Gasteiger partial charge in [-0.2, -0.15) is 4.98 Å². The van der Waals surface area contributed by atoms with Crippen LogP contribution >= 0.6 is 0 Å². The van der Waals surface area contributed by atoms with Crippen LogP contribution in [0.3, 0.4) is 0 Å². The van der Waals surface area contributed by atoms with Crippen molar-refractivity contribution < 1.29 is 9.32 Å². The Balaban J connectivity index is 1.56. The number of carbonyl (C=O) groups excluding carboxylic acids is 1. The maximum Gasteiger partial charge on any atom is 0.227 e. The van der Waals surface area contributed by atoms with E-state index in [0.717, 1.165) is 0 Å². The molecule has 1 aliphatic heterocycles. The molecule has 1 aliphatic rings. The number of rotatable bonds is 4. The van der Waals surface area contributed by atoms with Gasteiger partial charge in [0.05, 0.1) is 0 Å². The smallest absolute Gasteiger partial charge is 0.227 e. The van der Waals surface area contributed by atoms with Gasteiger partial charge in [-0.25, -0.2) is 0 Å². The maximum atomic E-state index is 12.5. The van der Waals surface area contributed by atoms with Crippen LogP contribution in [0, 0.1) is 0 Å². The molecule has 6 nitrogen and oxygen atoms in total. The molecule has 0 unspecified atom stereocenters. The fourth-order valence-corrected chi connectivity index (χ4v) is 3.12. The van der Waals surface area contributed by atoms with Crippen molar-refractivity contribution in [3.05, 3.63) is 47.6 Å². The Hall–Kier alpha value is -2.21. The van der Waals surface area contributed by atoms with Crippen molar-refractivity contribution in [1.29, 1.82) is 0 Å². The first-order valence-corrected chi connectivity index (χ1v) is 8.76. The van der Waals surface area contributed by atoms with Gasteiger partial charge in [-0.05, 0) is 5.56 Å². The highest BCUT2D eigenvalue weighted by Gasteiger charge is 2.33. The zero-order valence-corrected chi connectivity index (χ0v) is 15.1. The minimum absolute atomic E-state index is 0.0257. The molecule has 1 fully saturated rings. The molecule has 2 aromatic rings. The molecule has 0 bridgehead atoms. The first-order valence-electron chi connectivity index (χ1n) is 8.76. The quantitative estimate of drug-likeness (QED) is 0.921. The number of aromatic nitrogens is 2. The minimum atomic E-state index is -0.156. The van der Waals surface area contributed by atoms with Crippen LogP contribution in [0.2, 0.25) is 0 Å². The van der Waals surface area contributed by atoms with Crippen molar-refractivity contribution in [3.63, 3.8) is 0 Å². The molecule has 0 spiro atoms. The molecule has 3 rings (SSSR count). The number of carbonyl (C=O) groups is 1. The maximum absolute atomic E-state index is 12.5. The molecule has 2 atom stereocenters. The minimum Gasteiger partial charge on any atom is -0.340 e. The fourth-order valence-electron chi connectivity index (χ4n) is 3.12. The third-order valence-electron chi connectivity index (χ3n) is 4.64. The van der Waals surface area contributed by atoms with Crippen molar-refractivity contribution in [2.45, 2.75) is 51.0 Å². The second kappa shape index (κ2) is 6.96. The number of hydrogen-bond donors (Lipinski definition) is 1. The molecule has 2 heterocycles. The first kappa shape index (κ1) is 17.6. The number of amides is 1. The normalized spacial score (nSPS) is 20.9. The standard InChI is InChI=1S/C19H26N4O2/c1-19(2,3)18-21-16(25-22-18)9-10-17(24)23-11-14(15(20)12-23)13-7-5-4-6-8-13/h4-8,14-15H,9-12,20H2,1-3H3/t14-,15+/m0/s1. The van der Waals surface area contributed by atoms with Gasteiger partial charge in [0, 0.05) is 43.3 Å². The van der Waals surface area contributed by atoms with Gasteiger partial charge in [0.2, 0.25) is 11.8 Å². The van der Waals surface area contributed by atoms with E-state index >= 15 is 0 Å². The number of nitrogens with two attached hydrogens (primary N) is 1. The van der Waals surface area contributed by atoms with Crippen molar-refractivity contribution >= 4 is 5.91 Å². The predicted molar refractivity (Wildman–Crippen MR) is 95.1 cm³/mol. The summed E-state index contributed by atoms with van der Waals surface area (Å²) in [6.07, 6.45) is 0.823. The van der Waals surface area contributed by atoms with Crippen LogP contribution in [-0.4, -0.2) is 40.1 Å². The molecular weight excluding hydrogens is 316 g/mol. The van der Waals surface area contributed by atoms with Crippen LogP contribution in [0.25, 0.3) is 0 Å². The monoisotopic (exact) mass is 342 g/mol. The Morgan fingerprint density at radius 3 is 2.64 bits per heavy atom. The summed E-state index contributed by atoms with van der Waals surface area (Å²) in [5.41, 5.74) is 7.30. The van der Waals surface area contributed by atoms with Crippen LogP contribution in [-0.2, 0) is 16.6 Å². The molecular formula is C19H26N4O2. The van der Waals surface area contributed by atoms with Crippen LogP contribution in [0.1, 0.15) is 50.4 Å². The summed E-state index contributed by atoms with van der Waals surface area (Å²) < 4.78 is 5.26. The van der Waals surface area contributed by atoms with Gasteiger partial charge in [0.25, 0.3) is 0 Å². The SMILES string of the molecule is CC(C)(C)c1noc(CCC(=O)N2C[C@@H](N)[C@H](c3ccccc3)C2)n1. The second-order valence-corrected chi connectivity index (χ2v) is 7.74. The first-order chi connectivity index (χ1) is 11.8. The van der Waals surface area contributed by atoms with Gasteiger partial charge in [-0.3, -0.25) is 4.79 Å². The Bertz CT molecular complexity index is 721. The van der Waals surface area contributed by atoms with Gasteiger partial charge in [0.15, 0.2) is 5.82 Å². The van der Waals surface area contributed by atoms with Crippen molar-refractivity contribution in [3.8, 4) is 0 Å². The van der Waals surface area contributed by atoms with E-state index in [2.05, 4.69) is 22.3 Å². The number of nitrogens with zero attached hydrogens (tertiary/aromatic N) is 3. The zero-order chi connectivity index (χ0) is 18.0. The molecule has 1 saturated heterocycles. The molecule has 1 aromatic carbocycles. The highest BCUT2D eigenvalue weighted by atomic mass is 16.5. The van der Waals surface area contributed by atoms with Crippen molar-refractivity contribution in [2.24, 2.45) is 5.73 Å². The lowest BCUT2D eigenvalue weighted by Crippen LogP contribution is -2.32. The van der Waals surface area contributed by atoms with Crippen LogP contribution in [0.15, 0.2) is 34.9 Å². The summed E-state index contributed by atoms with van der Waals surface area (Å²) >= 11 is 0. The molecule has 6 heteroatoms. The van der Waals surface area contributed by atoms with E-state index in [1.54, 1.807) is 0 Å². The van der Waals surface area contributed by atoms with Gasteiger partial charge in [0.1, 0.15) is 0 Å². The average molecular weight is 342 g/mol. The second-order valence-electron chi connectivity index (χ2n) is 7.74. The Morgan fingerprint density at radius 2 is 2.00 bits per heavy atom. The lowest BCUT2D eigenvalue weighted by atomic mass is 9.95. The third-order valence-corrected chi connectivity index (χ3v) is 4.64. The highest BCUT2D eigenvalue weighted by Crippen LogP contribution is 2.27. The molecule has 2 N–H and O–H groups in total. The van der Waals surface area contributed by atoms with Gasteiger partial charge < -0.3 is 15.2 Å². The highest BCUT2D eigenvalue weighted by molar-refractivity contribution is 5.77. The van der Waals surface area contributed by atoms with E-state index in [4.69, 9.17) is 10.3 Å². The Labute approximate surface area is 148 Å². The summed E-state index contributed by atoms with van der Waals surface area (Å²) in [5, 5.41) is 4.00. The van der Waals surface area contributed by atoms with E-state index in [1.165, 1.54) is 5.56 Å². The average Bonchev–Trinajstić information content (AvgIpc) is 3.20. The van der Waals surface area contributed by atoms with E-state index in [1.807, 2.05) is 43.9 Å². The molecule has 25 heavy (non-hydrogen) atoms. The van der Waals surface area contributed by atoms with Crippen molar-refractivity contribution in [2.75, 3.05) is 13.1 Å². The summed E-state index contributed by atoms with van der Waals surface area (Å²) in [7, 11) is 0. The van der Waals surface area contributed by atoms with Crippen LogP contribution in [0.5, 0.6) is 0 Å². The summed E-state index contributed by atoms with van der Waals surface area (Å²) in [6.45, 7) is 7.35. The molecule has 1 aromatic heterocycles. The molecule has 0 aliphatic carbocycles. The Morgan fingerprint density at radius 1 is 1.28 bits per heavy atom. The number of aryl methyl sites for hydroxylation is 1. The summed E-state index contributed by atoms with van der Waals surface area (Å²) in [5.74, 6) is 1.47. The molecule has 0 saturated carbocycles. The predicted octanol–water partition coefficient (Wildman–Crippen LogP) is 2.25. The fraction of sp³-hybridized carbons (Fsp3) is 0.526. The zero-order valence-electron chi connectivity index (χ0n) is 15.1. The largest absolute Gasteiger partial charge is 0.340 e.